The number of aromatic hydroxyl groups is 1. The van der Waals surface area contributed by atoms with Crippen molar-refractivity contribution in [3.05, 3.63) is 29.8 Å². The summed E-state index contributed by atoms with van der Waals surface area (Å²) in [6.45, 7) is -0.135. The van der Waals surface area contributed by atoms with E-state index < -0.39 is 72.6 Å². The summed E-state index contributed by atoms with van der Waals surface area (Å²) >= 11 is 0. The molecule has 1 aliphatic heterocycles. The van der Waals surface area contributed by atoms with Gasteiger partial charge in [0.2, 0.25) is 35.4 Å². The first-order chi connectivity index (χ1) is 27.2. The van der Waals surface area contributed by atoms with Crippen molar-refractivity contribution in [3.63, 3.8) is 0 Å². The van der Waals surface area contributed by atoms with Gasteiger partial charge in [0.05, 0.1) is 13.0 Å². The lowest BCUT2D eigenvalue weighted by Crippen LogP contribution is -2.58. The number of nitrogens with two attached hydrogens (primary N) is 2. The average Bonchev–Trinajstić information content (AvgIpc) is 3.13. The van der Waals surface area contributed by atoms with Crippen LogP contribution in [0.15, 0.2) is 29.3 Å². The number of phenolic OH excluding ortho intramolecular Hbond substituents is 1. The maximum atomic E-state index is 14.0. The number of carbonyl (C=O) groups is 7. The minimum Gasteiger partial charge on any atom is -0.508 e. The van der Waals surface area contributed by atoms with Crippen LogP contribution in [0, 0.1) is 23.2 Å². The zero-order chi connectivity index (χ0) is 41.1. The summed E-state index contributed by atoms with van der Waals surface area (Å²) < 4.78 is 0. The van der Waals surface area contributed by atoms with Crippen LogP contribution in [0.5, 0.6) is 5.75 Å². The number of aliphatic imine (C=N–C) groups is 1. The second-order valence-corrected chi connectivity index (χ2v) is 16.4. The lowest BCUT2D eigenvalue weighted by molar-refractivity contribution is -0.141. The third kappa shape index (κ3) is 12.8. The SMILES string of the molecule is NC(N)=NCCC[C@@H]1NC(=O)[C@H](CCCCNC(=O)CC23CC4CC(CC(C4)C2)C3)NC(=O)[C@H](Cc2ccc(O)cc2)NC(=O)[C@H](CC(=O)O)NC(=O)CNC1=O. The van der Waals surface area contributed by atoms with Crippen molar-refractivity contribution >= 4 is 47.4 Å². The van der Waals surface area contributed by atoms with Gasteiger partial charge in [-0.15, -0.1) is 0 Å². The van der Waals surface area contributed by atoms with E-state index >= 15 is 0 Å². The van der Waals surface area contributed by atoms with E-state index in [-0.39, 0.29) is 55.3 Å². The summed E-state index contributed by atoms with van der Waals surface area (Å²) in [6, 6.07) is 0.502. The molecule has 5 fully saturated rings. The van der Waals surface area contributed by atoms with Gasteiger partial charge in [-0.1, -0.05) is 12.1 Å². The highest BCUT2D eigenvalue weighted by Gasteiger charge is 2.51. The summed E-state index contributed by atoms with van der Waals surface area (Å²) in [4.78, 5) is 96.3. The Morgan fingerprint density at radius 3 is 1.93 bits per heavy atom. The molecule has 6 amide bonds. The molecule has 1 aromatic carbocycles. The largest absolute Gasteiger partial charge is 0.508 e. The van der Waals surface area contributed by atoms with Crippen molar-refractivity contribution in [2.45, 2.75) is 114 Å². The van der Waals surface area contributed by atoms with E-state index in [1.165, 1.54) is 43.5 Å². The Bertz CT molecular complexity index is 1650. The molecule has 0 spiro atoms. The highest BCUT2D eigenvalue weighted by atomic mass is 16.4. The van der Waals surface area contributed by atoms with Crippen LogP contribution in [-0.2, 0) is 40.0 Å². The fraction of sp³-hybridized carbons (Fsp3) is 0.641. The van der Waals surface area contributed by atoms with Crippen LogP contribution < -0.4 is 43.4 Å². The van der Waals surface area contributed by atoms with Gasteiger partial charge in [-0.3, -0.25) is 38.6 Å². The smallest absolute Gasteiger partial charge is 0.305 e. The molecular weight excluding hydrogens is 738 g/mol. The molecule has 4 aliphatic carbocycles. The van der Waals surface area contributed by atoms with Gasteiger partial charge in [-0.05, 0) is 111 Å². The summed E-state index contributed by atoms with van der Waals surface area (Å²) in [5.41, 5.74) is 11.5. The number of carbonyl (C=O) groups excluding carboxylic acids is 6. The molecule has 1 aromatic rings. The number of amides is 6. The lowest BCUT2D eigenvalue weighted by Gasteiger charge is -2.56. The van der Waals surface area contributed by atoms with E-state index in [1.54, 1.807) is 0 Å². The van der Waals surface area contributed by atoms with Crippen LogP contribution >= 0.6 is 0 Å². The maximum Gasteiger partial charge on any atom is 0.305 e. The van der Waals surface area contributed by atoms with E-state index in [9.17, 15) is 43.8 Å². The molecule has 312 valence electrons. The number of benzene rings is 1. The highest BCUT2D eigenvalue weighted by Crippen LogP contribution is 2.61. The Balaban J connectivity index is 1.30. The van der Waals surface area contributed by atoms with Crippen molar-refractivity contribution in [2.24, 2.45) is 39.6 Å². The van der Waals surface area contributed by atoms with Gasteiger partial charge < -0.3 is 53.6 Å². The molecule has 1 heterocycles. The minimum absolute atomic E-state index is 0.0217. The van der Waals surface area contributed by atoms with E-state index in [4.69, 9.17) is 11.5 Å². The number of hydrogen-bond donors (Lipinski definition) is 10. The van der Waals surface area contributed by atoms with Gasteiger partial charge in [0.15, 0.2) is 5.96 Å². The van der Waals surface area contributed by atoms with Crippen molar-refractivity contribution < 1.29 is 43.8 Å². The Morgan fingerprint density at radius 1 is 0.754 bits per heavy atom. The van der Waals surface area contributed by atoms with Gasteiger partial charge in [0.1, 0.15) is 29.9 Å². The molecule has 5 aliphatic rings. The molecule has 4 atom stereocenters. The first-order valence-electron chi connectivity index (χ1n) is 20.0. The Labute approximate surface area is 331 Å². The fourth-order valence-corrected chi connectivity index (χ4v) is 9.47. The van der Waals surface area contributed by atoms with Gasteiger partial charge in [-0.2, -0.15) is 0 Å². The van der Waals surface area contributed by atoms with Gasteiger partial charge >= 0.3 is 5.97 Å². The number of carboxylic acid groups (broad SMARTS) is 1. The molecule has 4 bridgehead atoms. The van der Waals surface area contributed by atoms with Gasteiger partial charge in [-0.25, -0.2) is 0 Å². The molecule has 6 rings (SSSR count). The fourth-order valence-electron chi connectivity index (χ4n) is 9.47. The summed E-state index contributed by atoms with van der Waals surface area (Å²) in [5, 5.41) is 35.0. The Kier molecular flexibility index (Phi) is 14.7. The summed E-state index contributed by atoms with van der Waals surface area (Å²) in [7, 11) is 0. The number of nitrogens with zero attached hydrogens (tertiary/aromatic N) is 1. The third-order valence-corrected chi connectivity index (χ3v) is 11.6. The summed E-state index contributed by atoms with van der Waals surface area (Å²) in [5.74, 6) is -3.46. The van der Waals surface area contributed by atoms with E-state index in [2.05, 4.69) is 36.9 Å². The van der Waals surface area contributed by atoms with Crippen LogP contribution in [-0.4, -0.2) is 101 Å². The van der Waals surface area contributed by atoms with E-state index in [1.807, 2.05) is 0 Å². The molecule has 0 unspecified atom stereocenters. The lowest BCUT2D eigenvalue weighted by atomic mass is 9.49. The molecule has 0 aromatic heterocycles. The number of phenols is 1. The number of rotatable bonds is 15. The van der Waals surface area contributed by atoms with Crippen LogP contribution in [0.2, 0.25) is 0 Å². The topological polar surface area (TPSA) is 297 Å². The average molecular weight is 796 g/mol. The van der Waals surface area contributed by atoms with Crippen LogP contribution in [0.25, 0.3) is 0 Å². The van der Waals surface area contributed by atoms with Crippen molar-refractivity contribution in [1.29, 1.82) is 0 Å². The number of guanidine groups is 1. The Hall–Kier alpha value is -5.42. The van der Waals surface area contributed by atoms with Crippen molar-refractivity contribution in [2.75, 3.05) is 19.6 Å². The van der Waals surface area contributed by atoms with Crippen LogP contribution in [0.4, 0.5) is 0 Å². The first-order valence-corrected chi connectivity index (χ1v) is 20.0. The number of nitrogens with one attached hydrogen (secondary N) is 6. The number of unbranched alkanes of at least 4 members (excludes halogenated alkanes) is 1. The predicted octanol–water partition coefficient (Wildman–Crippen LogP) is -0.575. The molecule has 1 saturated heterocycles. The van der Waals surface area contributed by atoms with Crippen molar-refractivity contribution in [3.8, 4) is 5.75 Å². The maximum absolute atomic E-state index is 14.0. The molecular formula is C39H57N9O9. The highest BCUT2D eigenvalue weighted by molar-refractivity contribution is 5.98. The van der Waals surface area contributed by atoms with Crippen LogP contribution in [0.3, 0.4) is 0 Å². The molecule has 12 N–H and O–H groups in total. The minimum atomic E-state index is -1.61. The monoisotopic (exact) mass is 795 g/mol. The molecule has 4 saturated carbocycles. The quantitative estimate of drug-likeness (QED) is 0.0609. The molecule has 18 heteroatoms. The zero-order valence-electron chi connectivity index (χ0n) is 32.2. The van der Waals surface area contributed by atoms with Gasteiger partial charge in [0, 0.05) is 25.9 Å². The number of carboxylic acids is 1. The van der Waals surface area contributed by atoms with Crippen LogP contribution in [0.1, 0.15) is 89.0 Å². The van der Waals surface area contributed by atoms with E-state index in [0.29, 0.717) is 31.4 Å². The zero-order valence-corrected chi connectivity index (χ0v) is 32.2. The molecule has 57 heavy (non-hydrogen) atoms. The van der Waals surface area contributed by atoms with E-state index in [0.717, 1.165) is 37.0 Å². The summed E-state index contributed by atoms with van der Waals surface area (Å²) in [6.07, 6.45) is 8.12. The molecule has 0 radical (unpaired) electrons. The van der Waals surface area contributed by atoms with Crippen molar-refractivity contribution in [1.82, 2.24) is 31.9 Å². The number of aliphatic carboxylic acids is 1. The standard InChI is InChI=1S/C39H57N9O9/c40-38(41)43-11-3-5-27-34(54)44-21-32(51)45-30(16-33(52)53)37(57)48-29(15-22-6-8-26(49)9-7-22)36(56)47-28(35(55)46-27)4-1-2-10-42-31(50)20-39-17-23-12-24(18-39)14-25(13-23)19-39/h6-9,23-25,27-30,49H,1-5,10-21H2,(H,42,50)(H,44,54)(H,45,51)(H,46,55)(H,47,56)(H,48,57)(H,52,53)(H4,40,41,43)/t23?,24?,25?,27-,28-,29-,30-,39?/m0/s1. The predicted molar refractivity (Wildman–Crippen MR) is 207 cm³/mol. The normalized spacial score (nSPS) is 29.1. The second-order valence-electron chi connectivity index (χ2n) is 16.4. The second kappa shape index (κ2) is 19.6. The first kappa shape index (κ1) is 42.7. The number of hydrogen-bond acceptors (Lipinski definition) is 9. The molecule has 18 nitrogen and oxygen atoms in total. The van der Waals surface area contributed by atoms with Gasteiger partial charge in [0.25, 0.3) is 0 Å². The Morgan fingerprint density at radius 2 is 1.32 bits per heavy atom. The third-order valence-electron chi connectivity index (χ3n) is 11.6.